The van der Waals surface area contributed by atoms with Gasteiger partial charge in [-0.3, -0.25) is 0 Å². The van der Waals surface area contributed by atoms with Gasteiger partial charge in [0.25, 0.3) is 0 Å². The van der Waals surface area contributed by atoms with Crippen molar-refractivity contribution in [3.05, 3.63) is 0 Å². The first-order valence-electron chi connectivity index (χ1n) is 14.3. The zero-order valence-corrected chi connectivity index (χ0v) is 23.8. The number of aliphatic hydroxyl groups excluding tert-OH is 1. The van der Waals surface area contributed by atoms with Crippen LogP contribution < -0.4 is 0 Å². The molecule has 0 aromatic carbocycles. The van der Waals surface area contributed by atoms with Crippen LogP contribution in [0, 0.1) is 0 Å². The van der Waals surface area contributed by atoms with Crippen molar-refractivity contribution in [2.75, 3.05) is 92.5 Å². The molecule has 0 spiro atoms. The van der Waals surface area contributed by atoms with Gasteiger partial charge in [-0.1, -0.05) is 51.4 Å². The Labute approximate surface area is 221 Å². The van der Waals surface area contributed by atoms with Gasteiger partial charge in [-0.25, -0.2) is 0 Å². The van der Waals surface area contributed by atoms with E-state index in [4.69, 9.17) is 38.3 Å². The minimum absolute atomic E-state index is 0.00156. The van der Waals surface area contributed by atoms with Crippen LogP contribution in [0.25, 0.3) is 0 Å². The molecule has 0 amide bonds. The summed E-state index contributed by atoms with van der Waals surface area (Å²) in [6.45, 7) is 14.0. The van der Waals surface area contributed by atoms with Crippen LogP contribution >= 0.6 is 0 Å². The summed E-state index contributed by atoms with van der Waals surface area (Å²) in [4.78, 5) is 0. The van der Waals surface area contributed by atoms with Gasteiger partial charge in [-0.2, -0.15) is 0 Å². The molecule has 0 aliphatic rings. The zero-order valence-electron chi connectivity index (χ0n) is 23.8. The van der Waals surface area contributed by atoms with Crippen molar-refractivity contribution in [2.45, 2.75) is 90.6 Å². The molecule has 0 fully saturated rings. The molecule has 0 atom stereocenters. The Morgan fingerprint density at radius 2 is 0.639 bits per heavy atom. The number of aliphatic hydroxyl groups is 1. The van der Waals surface area contributed by atoms with Crippen molar-refractivity contribution in [1.82, 2.24) is 0 Å². The second-order valence-electron chi connectivity index (χ2n) is 9.89. The summed E-state index contributed by atoms with van der Waals surface area (Å²) in [6.07, 6.45) is 13.0. The molecule has 8 heteroatoms. The predicted octanol–water partition coefficient (Wildman–Crippen LogP) is 4.79. The summed E-state index contributed by atoms with van der Waals surface area (Å²) >= 11 is 0. The van der Waals surface area contributed by atoms with Gasteiger partial charge in [-0.05, 0) is 33.6 Å². The zero-order chi connectivity index (χ0) is 26.4. The Morgan fingerprint density at radius 1 is 0.361 bits per heavy atom. The first kappa shape index (κ1) is 35.7. The van der Waals surface area contributed by atoms with Crippen molar-refractivity contribution in [3.63, 3.8) is 0 Å². The molecule has 0 aromatic heterocycles. The van der Waals surface area contributed by atoms with E-state index >= 15 is 0 Å². The molecule has 1 N–H and O–H groups in total. The smallest absolute Gasteiger partial charge is 0.0701 e. The standard InChI is InChI=1S/C28H58O8/c1-28(2,3)36-16-13-11-9-7-5-4-6-8-10-12-15-30-18-20-32-22-24-34-26-27-35-25-23-33-21-19-31-17-14-29/h29H,4-27H2,1-3H3. The lowest BCUT2D eigenvalue weighted by molar-refractivity contribution is -0.0182. The maximum atomic E-state index is 8.57. The van der Waals surface area contributed by atoms with E-state index in [1.807, 2.05) is 0 Å². The highest BCUT2D eigenvalue weighted by molar-refractivity contribution is 4.58. The van der Waals surface area contributed by atoms with E-state index in [2.05, 4.69) is 20.8 Å². The molecule has 0 aliphatic carbocycles. The van der Waals surface area contributed by atoms with Gasteiger partial charge >= 0.3 is 0 Å². The van der Waals surface area contributed by atoms with Crippen molar-refractivity contribution >= 4 is 0 Å². The Bertz CT molecular complexity index is 404. The molecule has 0 heterocycles. The molecule has 0 bridgehead atoms. The molecule has 0 aromatic rings. The Kier molecular flexibility index (Phi) is 29.0. The third kappa shape index (κ3) is 33.7. The first-order valence-corrected chi connectivity index (χ1v) is 14.3. The summed E-state index contributed by atoms with van der Waals surface area (Å²) in [6, 6.07) is 0. The maximum Gasteiger partial charge on any atom is 0.0701 e. The molecule has 218 valence electrons. The Balaban J connectivity index is 3.03. The number of rotatable bonds is 30. The molecular weight excluding hydrogens is 464 g/mol. The Morgan fingerprint density at radius 3 is 0.972 bits per heavy atom. The highest BCUT2D eigenvalue weighted by Gasteiger charge is 2.08. The van der Waals surface area contributed by atoms with Crippen LogP contribution in [0.15, 0.2) is 0 Å². The molecule has 0 saturated heterocycles. The summed E-state index contributed by atoms with van der Waals surface area (Å²) in [7, 11) is 0. The van der Waals surface area contributed by atoms with Gasteiger partial charge in [0.15, 0.2) is 0 Å². The van der Waals surface area contributed by atoms with Crippen molar-refractivity contribution in [3.8, 4) is 0 Å². The molecule has 36 heavy (non-hydrogen) atoms. The topological polar surface area (TPSA) is 84.8 Å². The lowest BCUT2D eigenvalue weighted by Gasteiger charge is -2.19. The normalized spacial score (nSPS) is 12.0. The third-order valence-corrected chi connectivity index (χ3v) is 5.31. The van der Waals surface area contributed by atoms with Crippen LogP contribution in [0.3, 0.4) is 0 Å². The average molecular weight is 523 g/mol. The van der Waals surface area contributed by atoms with E-state index in [1.54, 1.807) is 0 Å². The van der Waals surface area contributed by atoms with Gasteiger partial charge in [0.1, 0.15) is 0 Å². The van der Waals surface area contributed by atoms with Crippen LogP contribution in [0.5, 0.6) is 0 Å². The molecule has 0 unspecified atom stereocenters. The quantitative estimate of drug-likeness (QED) is 0.135. The van der Waals surface area contributed by atoms with Crippen molar-refractivity contribution in [1.29, 1.82) is 0 Å². The number of hydrogen-bond acceptors (Lipinski definition) is 8. The molecule has 0 saturated carbocycles. The third-order valence-electron chi connectivity index (χ3n) is 5.31. The fourth-order valence-corrected chi connectivity index (χ4v) is 3.36. The van der Waals surface area contributed by atoms with Crippen molar-refractivity contribution < 1.29 is 38.3 Å². The lowest BCUT2D eigenvalue weighted by Crippen LogP contribution is -2.19. The molecule has 0 aliphatic heterocycles. The summed E-state index contributed by atoms with van der Waals surface area (Å²) in [5, 5.41) is 8.57. The summed E-state index contributed by atoms with van der Waals surface area (Å²) in [5.74, 6) is 0. The van der Waals surface area contributed by atoms with E-state index in [0.717, 1.165) is 19.6 Å². The van der Waals surface area contributed by atoms with Crippen LogP contribution in [0.1, 0.15) is 85.0 Å². The molecular formula is C28H58O8. The largest absolute Gasteiger partial charge is 0.394 e. The van der Waals surface area contributed by atoms with E-state index in [0.29, 0.717) is 72.7 Å². The minimum Gasteiger partial charge on any atom is -0.394 e. The number of ether oxygens (including phenoxy) is 7. The molecule has 0 rings (SSSR count). The first-order chi connectivity index (χ1) is 17.6. The lowest BCUT2D eigenvalue weighted by atomic mass is 10.1. The van der Waals surface area contributed by atoms with Crippen LogP contribution in [-0.2, 0) is 33.2 Å². The van der Waals surface area contributed by atoms with E-state index < -0.39 is 0 Å². The maximum absolute atomic E-state index is 8.57. The van der Waals surface area contributed by atoms with Gasteiger partial charge in [0, 0.05) is 13.2 Å². The number of hydrogen-bond donors (Lipinski definition) is 1. The van der Waals surface area contributed by atoms with Gasteiger partial charge in [0.05, 0.1) is 84.9 Å². The fourth-order valence-electron chi connectivity index (χ4n) is 3.36. The summed E-state index contributed by atoms with van der Waals surface area (Å²) < 4.78 is 38.2. The second-order valence-corrected chi connectivity index (χ2v) is 9.89. The van der Waals surface area contributed by atoms with Gasteiger partial charge < -0.3 is 38.3 Å². The Hall–Kier alpha value is -0.320. The van der Waals surface area contributed by atoms with Crippen LogP contribution in [0.2, 0.25) is 0 Å². The molecule has 8 nitrogen and oxygen atoms in total. The second kappa shape index (κ2) is 29.2. The minimum atomic E-state index is 0.00156. The highest BCUT2D eigenvalue weighted by Crippen LogP contribution is 2.12. The number of unbranched alkanes of at least 4 members (excludes halogenated alkanes) is 9. The van der Waals surface area contributed by atoms with Gasteiger partial charge in [0.2, 0.25) is 0 Å². The van der Waals surface area contributed by atoms with Crippen LogP contribution in [0.4, 0.5) is 0 Å². The van der Waals surface area contributed by atoms with E-state index in [1.165, 1.54) is 57.8 Å². The van der Waals surface area contributed by atoms with Gasteiger partial charge in [-0.15, -0.1) is 0 Å². The predicted molar refractivity (Wildman–Crippen MR) is 144 cm³/mol. The monoisotopic (exact) mass is 522 g/mol. The SMILES string of the molecule is CC(C)(C)OCCCCCCCCCCCCOCCOCCOCCOCCOCCOCCO. The highest BCUT2D eigenvalue weighted by atomic mass is 16.6. The molecule has 0 radical (unpaired) electrons. The van der Waals surface area contributed by atoms with E-state index in [-0.39, 0.29) is 12.2 Å². The van der Waals surface area contributed by atoms with E-state index in [9.17, 15) is 0 Å². The van der Waals surface area contributed by atoms with Crippen molar-refractivity contribution in [2.24, 2.45) is 0 Å². The average Bonchev–Trinajstić information content (AvgIpc) is 2.84. The fraction of sp³-hybridized carbons (Fsp3) is 1.00. The van der Waals surface area contributed by atoms with Crippen LogP contribution in [-0.4, -0.2) is 103 Å². The summed E-state index contributed by atoms with van der Waals surface area (Å²) in [5.41, 5.74) is 0.00156.